The lowest BCUT2D eigenvalue weighted by atomic mass is 9.98. The zero-order chi connectivity index (χ0) is 28.6. The average molecular weight is 565 g/mol. The van der Waals surface area contributed by atoms with Crippen molar-refractivity contribution in [3.05, 3.63) is 108 Å². The van der Waals surface area contributed by atoms with E-state index in [0.717, 1.165) is 16.7 Å². The molecule has 0 bridgehead atoms. The highest BCUT2D eigenvalue weighted by atomic mass is 28.4. The van der Waals surface area contributed by atoms with Crippen LogP contribution in [0.5, 0.6) is 0 Å². The van der Waals surface area contributed by atoms with E-state index in [1.54, 1.807) is 0 Å². The Morgan fingerprint density at radius 1 is 0.650 bits per heavy atom. The van der Waals surface area contributed by atoms with Gasteiger partial charge in [0.25, 0.3) is 0 Å². The Balaban J connectivity index is 1.60. The summed E-state index contributed by atoms with van der Waals surface area (Å²) in [6, 6.07) is 29.9. The van der Waals surface area contributed by atoms with Crippen molar-refractivity contribution in [1.82, 2.24) is 0 Å². The van der Waals surface area contributed by atoms with Gasteiger partial charge in [0, 0.05) is 0 Å². The van der Waals surface area contributed by atoms with Crippen LogP contribution in [-0.2, 0) is 43.2 Å². The standard InChI is InChI=1S/C33H44O6Si/c1-33(2,3)40(4,5)38-24-28-29(35-21-25-15-9-6-10-16-25)30(36-22-26-17-11-7-12-18-26)31(32(34)39-28)37-23-27-19-13-8-14-20-27/h6-20,28-32,34H,21-24H2,1-5H3/t28-,29-,30-,31+,32?/m1/s1. The molecular weight excluding hydrogens is 520 g/mol. The minimum atomic E-state index is -2.09. The average Bonchev–Trinajstić information content (AvgIpc) is 2.95. The van der Waals surface area contributed by atoms with Gasteiger partial charge in [-0.25, -0.2) is 0 Å². The number of rotatable bonds is 12. The van der Waals surface area contributed by atoms with Crippen molar-refractivity contribution >= 4 is 8.32 Å². The van der Waals surface area contributed by atoms with Crippen LogP contribution in [0.4, 0.5) is 0 Å². The Labute approximate surface area is 240 Å². The molecule has 5 atom stereocenters. The Kier molecular flexibility index (Phi) is 10.7. The van der Waals surface area contributed by atoms with Crippen molar-refractivity contribution < 1.29 is 28.5 Å². The molecule has 0 radical (unpaired) electrons. The quantitative estimate of drug-likeness (QED) is 0.254. The monoisotopic (exact) mass is 564 g/mol. The van der Waals surface area contributed by atoms with Gasteiger partial charge in [-0.3, -0.25) is 0 Å². The largest absolute Gasteiger partial charge is 0.414 e. The third kappa shape index (κ3) is 8.33. The van der Waals surface area contributed by atoms with Crippen LogP contribution in [0.15, 0.2) is 91.0 Å². The van der Waals surface area contributed by atoms with Gasteiger partial charge in [0.05, 0.1) is 26.4 Å². The molecule has 1 fully saturated rings. The molecule has 1 unspecified atom stereocenters. The maximum Gasteiger partial charge on any atom is 0.192 e. The van der Waals surface area contributed by atoms with E-state index in [0.29, 0.717) is 26.4 Å². The predicted octanol–water partition coefficient (Wildman–Crippen LogP) is 6.48. The SMILES string of the molecule is CC(C)(C)[Si](C)(C)OC[C@H]1OC(O)[C@@H](OCc2ccccc2)[C@H](OCc2ccccc2)[C@@H]1OCc1ccccc1. The second kappa shape index (κ2) is 14.0. The van der Waals surface area contributed by atoms with Gasteiger partial charge in [0.15, 0.2) is 14.6 Å². The summed E-state index contributed by atoms with van der Waals surface area (Å²) in [4.78, 5) is 0. The highest BCUT2D eigenvalue weighted by molar-refractivity contribution is 6.74. The third-order valence-corrected chi connectivity index (χ3v) is 12.4. The summed E-state index contributed by atoms with van der Waals surface area (Å²) in [7, 11) is -2.09. The molecule has 3 aromatic carbocycles. The second-order valence-electron chi connectivity index (χ2n) is 11.9. The van der Waals surface area contributed by atoms with Crippen LogP contribution >= 0.6 is 0 Å². The minimum absolute atomic E-state index is 0.0330. The number of hydrogen-bond donors (Lipinski definition) is 1. The van der Waals surface area contributed by atoms with Crippen molar-refractivity contribution in [3.8, 4) is 0 Å². The Bertz CT molecular complexity index is 1140. The molecule has 6 nitrogen and oxygen atoms in total. The molecule has 1 saturated heterocycles. The first-order valence-corrected chi connectivity index (χ1v) is 17.0. The molecule has 0 amide bonds. The minimum Gasteiger partial charge on any atom is -0.414 e. The van der Waals surface area contributed by atoms with Crippen LogP contribution in [0.25, 0.3) is 0 Å². The van der Waals surface area contributed by atoms with Gasteiger partial charge in [-0.05, 0) is 34.8 Å². The molecule has 216 valence electrons. The molecule has 0 spiro atoms. The summed E-state index contributed by atoms with van der Waals surface area (Å²) >= 11 is 0. The van der Waals surface area contributed by atoms with E-state index < -0.39 is 39.0 Å². The Hall–Kier alpha value is -2.36. The lowest BCUT2D eigenvalue weighted by molar-refractivity contribution is -0.314. The summed E-state index contributed by atoms with van der Waals surface area (Å²) in [6.07, 6.45) is -3.62. The summed E-state index contributed by atoms with van der Waals surface area (Å²) in [5.41, 5.74) is 3.07. The highest BCUT2D eigenvalue weighted by Gasteiger charge is 2.49. The molecule has 0 saturated carbocycles. The van der Waals surface area contributed by atoms with Crippen molar-refractivity contribution in [2.75, 3.05) is 6.61 Å². The van der Waals surface area contributed by atoms with Crippen molar-refractivity contribution in [2.24, 2.45) is 0 Å². The smallest absolute Gasteiger partial charge is 0.192 e. The number of benzene rings is 3. The molecule has 7 heteroatoms. The first kappa shape index (κ1) is 30.6. The summed E-state index contributed by atoms with van der Waals surface area (Å²) in [6.45, 7) is 12.4. The van der Waals surface area contributed by atoms with Gasteiger partial charge < -0.3 is 28.5 Å². The Morgan fingerprint density at radius 2 is 1.05 bits per heavy atom. The van der Waals surface area contributed by atoms with E-state index in [-0.39, 0.29) is 5.04 Å². The van der Waals surface area contributed by atoms with Gasteiger partial charge in [0.2, 0.25) is 0 Å². The summed E-state index contributed by atoms with van der Waals surface area (Å²) in [5, 5.41) is 11.3. The van der Waals surface area contributed by atoms with E-state index >= 15 is 0 Å². The maximum atomic E-state index is 11.3. The van der Waals surface area contributed by atoms with Crippen molar-refractivity contribution in [2.45, 2.75) is 89.4 Å². The topological polar surface area (TPSA) is 66.4 Å². The zero-order valence-electron chi connectivity index (χ0n) is 24.4. The van der Waals surface area contributed by atoms with Crippen LogP contribution in [0.3, 0.4) is 0 Å². The highest BCUT2D eigenvalue weighted by Crippen LogP contribution is 2.38. The van der Waals surface area contributed by atoms with Crippen LogP contribution in [-0.4, -0.2) is 50.7 Å². The van der Waals surface area contributed by atoms with E-state index in [1.807, 2.05) is 91.0 Å². The lowest BCUT2D eigenvalue weighted by Gasteiger charge is -2.46. The van der Waals surface area contributed by atoms with Gasteiger partial charge in [0.1, 0.15) is 24.4 Å². The number of aliphatic hydroxyl groups excluding tert-OH is 1. The molecule has 4 rings (SSSR count). The fraction of sp³-hybridized carbons (Fsp3) is 0.455. The van der Waals surface area contributed by atoms with Crippen molar-refractivity contribution in [1.29, 1.82) is 0 Å². The Morgan fingerprint density at radius 3 is 1.48 bits per heavy atom. The molecule has 1 N–H and O–H groups in total. The molecular formula is C33H44O6Si. The van der Waals surface area contributed by atoms with E-state index in [9.17, 15) is 5.11 Å². The first-order chi connectivity index (χ1) is 19.1. The molecule has 0 aromatic heterocycles. The van der Waals surface area contributed by atoms with Crippen LogP contribution in [0.1, 0.15) is 37.5 Å². The normalized spacial score (nSPS) is 23.7. The third-order valence-electron chi connectivity index (χ3n) is 7.88. The number of aliphatic hydroxyl groups is 1. The van der Waals surface area contributed by atoms with E-state index in [1.165, 1.54) is 0 Å². The fourth-order valence-electron chi connectivity index (χ4n) is 4.40. The first-order valence-electron chi connectivity index (χ1n) is 14.1. The van der Waals surface area contributed by atoms with Gasteiger partial charge in [-0.2, -0.15) is 0 Å². The zero-order valence-corrected chi connectivity index (χ0v) is 25.4. The second-order valence-corrected chi connectivity index (χ2v) is 16.7. The van der Waals surface area contributed by atoms with Crippen LogP contribution < -0.4 is 0 Å². The van der Waals surface area contributed by atoms with Crippen molar-refractivity contribution in [3.63, 3.8) is 0 Å². The van der Waals surface area contributed by atoms with E-state index in [4.69, 9.17) is 23.4 Å². The van der Waals surface area contributed by atoms with Crippen LogP contribution in [0, 0.1) is 0 Å². The molecule has 1 heterocycles. The summed E-state index contributed by atoms with van der Waals surface area (Å²) < 4.78 is 32.2. The summed E-state index contributed by atoms with van der Waals surface area (Å²) in [5.74, 6) is 0. The molecule has 0 aliphatic carbocycles. The number of hydrogen-bond acceptors (Lipinski definition) is 6. The van der Waals surface area contributed by atoms with Gasteiger partial charge in [-0.1, -0.05) is 112 Å². The molecule has 40 heavy (non-hydrogen) atoms. The van der Waals surface area contributed by atoms with Gasteiger partial charge >= 0.3 is 0 Å². The fourth-order valence-corrected chi connectivity index (χ4v) is 5.42. The predicted molar refractivity (Wildman–Crippen MR) is 159 cm³/mol. The lowest BCUT2D eigenvalue weighted by Crippen LogP contribution is -2.61. The van der Waals surface area contributed by atoms with Crippen LogP contribution in [0.2, 0.25) is 18.1 Å². The number of ether oxygens (including phenoxy) is 4. The van der Waals surface area contributed by atoms with E-state index in [2.05, 4.69) is 33.9 Å². The molecule has 1 aliphatic heterocycles. The molecule has 3 aromatic rings. The maximum absolute atomic E-state index is 11.3. The molecule has 1 aliphatic rings. The van der Waals surface area contributed by atoms with Gasteiger partial charge in [-0.15, -0.1) is 0 Å².